The smallest absolute Gasteiger partial charge is 0.232 e. The highest BCUT2D eigenvalue weighted by Gasteiger charge is 2.38. The van der Waals surface area contributed by atoms with Crippen LogP contribution in [0.1, 0.15) is 43.9 Å². The minimum absolute atomic E-state index is 0.00831. The van der Waals surface area contributed by atoms with Crippen LogP contribution in [0.25, 0.3) is 11.5 Å². The number of rotatable bonds is 3. The predicted molar refractivity (Wildman–Crippen MR) is 76.7 cm³/mol. The van der Waals surface area contributed by atoms with Crippen molar-refractivity contribution < 1.29 is 9.32 Å². The van der Waals surface area contributed by atoms with Gasteiger partial charge in [-0.15, -0.1) is 5.10 Å². The Balaban J connectivity index is 1.51. The third kappa shape index (κ3) is 2.36. The van der Waals surface area contributed by atoms with Gasteiger partial charge in [0.15, 0.2) is 0 Å². The van der Waals surface area contributed by atoms with E-state index in [2.05, 4.69) is 20.3 Å². The molecule has 1 unspecified atom stereocenters. The quantitative estimate of drug-likeness (QED) is 0.859. The Bertz CT molecular complexity index is 666. The molecule has 0 N–H and O–H groups in total. The Labute approximate surface area is 127 Å². The van der Waals surface area contributed by atoms with Crippen molar-refractivity contribution in [2.75, 3.05) is 6.54 Å². The van der Waals surface area contributed by atoms with E-state index in [1.807, 2.05) is 4.90 Å². The first-order chi connectivity index (χ1) is 10.8. The molecule has 1 aliphatic heterocycles. The zero-order chi connectivity index (χ0) is 14.9. The van der Waals surface area contributed by atoms with Crippen LogP contribution in [0.5, 0.6) is 0 Å². The van der Waals surface area contributed by atoms with E-state index in [1.165, 1.54) is 12.8 Å². The van der Waals surface area contributed by atoms with Crippen molar-refractivity contribution in [1.82, 2.24) is 25.2 Å². The molecule has 2 aromatic rings. The number of aromatic nitrogens is 4. The number of hydrogen-bond acceptors (Lipinski definition) is 6. The van der Waals surface area contributed by atoms with Gasteiger partial charge in [0.2, 0.25) is 17.6 Å². The van der Waals surface area contributed by atoms with Gasteiger partial charge in [0.25, 0.3) is 0 Å². The largest absolute Gasteiger partial charge is 0.339 e. The van der Waals surface area contributed by atoms with Crippen molar-refractivity contribution in [3.63, 3.8) is 0 Å². The van der Waals surface area contributed by atoms with Gasteiger partial charge in [0.1, 0.15) is 5.69 Å². The first-order valence-electron chi connectivity index (χ1n) is 7.72. The third-order valence-corrected chi connectivity index (χ3v) is 4.52. The fourth-order valence-corrected chi connectivity index (χ4v) is 3.39. The maximum atomic E-state index is 12.2. The van der Waals surface area contributed by atoms with E-state index in [-0.39, 0.29) is 11.8 Å². The summed E-state index contributed by atoms with van der Waals surface area (Å²) in [5.74, 6) is 1.14. The molecule has 1 aliphatic carbocycles. The fourth-order valence-electron chi connectivity index (χ4n) is 3.39. The Morgan fingerprint density at radius 1 is 1.27 bits per heavy atom. The van der Waals surface area contributed by atoms with Gasteiger partial charge in [-0.25, -0.2) is 0 Å². The molecule has 22 heavy (non-hydrogen) atoms. The summed E-state index contributed by atoms with van der Waals surface area (Å²) >= 11 is 0. The molecule has 2 aromatic heterocycles. The first kappa shape index (κ1) is 13.4. The number of nitrogens with zero attached hydrogens (tertiary/aromatic N) is 5. The third-order valence-electron chi connectivity index (χ3n) is 4.52. The van der Waals surface area contributed by atoms with Gasteiger partial charge in [0, 0.05) is 25.2 Å². The van der Waals surface area contributed by atoms with Crippen LogP contribution in [0, 0.1) is 0 Å². The van der Waals surface area contributed by atoms with Gasteiger partial charge in [0.05, 0.1) is 5.92 Å². The Morgan fingerprint density at radius 3 is 2.91 bits per heavy atom. The molecule has 2 aliphatic rings. The minimum atomic E-state index is -0.00831. The van der Waals surface area contributed by atoms with Crippen LogP contribution >= 0.6 is 0 Å². The van der Waals surface area contributed by atoms with Crippen molar-refractivity contribution >= 4 is 5.91 Å². The molecule has 0 aromatic carbocycles. The number of carbonyl (C=O) groups is 1. The Kier molecular flexibility index (Phi) is 3.32. The van der Waals surface area contributed by atoms with Gasteiger partial charge >= 0.3 is 0 Å². The molecule has 7 heteroatoms. The minimum Gasteiger partial charge on any atom is -0.339 e. The lowest BCUT2D eigenvalue weighted by molar-refractivity contribution is -0.129. The van der Waals surface area contributed by atoms with Crippen LogP contribution in [-0.4, -0.2) is 43.7 Å². The monoisotopic (exact) mass is 299 g/mol. The van der Waals surface area contributed by atoms with Gasteiger partial charge in [-0.3, -0.25) is 4.79 Å². The van der Waals surface area contributed by atoms with E-state index >= 15 is 0 Å². The van der Waals surface area contributed by atoms with Crippen LogP contribution < -0.4 is 0 Å². The van der Waals surface area contributed by atoms with E-state index in [0.717, 1.165) is 12.8 Å². The van der Waals surface area contributed by atoms with Crippen LogP contribution in [0.15, 0.2) is 22.9 Å². The van der Waals surface area contributed by atoms with Crippen LogP contribution in [-0.2, 0) is 4.79 Å². The number of likely N-dealkylation sites (tertiary alicyclic amines) is 1. The van der Waals surface area contributed by atoms with Crippen molar-refractivity contribution in [2.45, 2.75) is 44.1 Å². The average Bonchev–Trinajstić information content (AvgIpc) is 3.28. The molecule has 0 bridgehead atoms. The summed E-state index contributed by atoms with van der Waals surface area (Å²) in [6.45, 7) is 0.686. The summed E-state index contributed by atoms with van der Waals surface area (Å²) in [6, 6.07) is 3.96. The van der Waals surface area contributed by atoms with E-state index < -0.39 is 0 Å². The maximum Gasteiger partial charge on any atom is 0.232 e. The summed E-state index contributed by atoms with van der Waals surface area (Å²) < 4.78 is 5.35. The topological polar surface area (TPSA) is 85.0 Å². The van der Waals surface area contributed by atoms with Crippen molar-refractivity contribution in [3.05, 3.63) is 24.2 Å². The molecule has 1 amide bonds. The second-order valence-corrected chi connectivity index (χ2v) is 5.95. The van der Waals surface area contributed by atoms with E-state index in [0.29, 0.717) is 36.4 Å². The van der Waals surface area contributed by atoms with Crippen molar-refractivity contribution in [2.24, 2.45) is 0 Å². The second-order valence-electron chi connectivity index (χ2n) is 5.95. The molecule has 2 fully saturated rings. The van der Waals surface area contributed by atoms with Crippen LogP contribution in [0.2, 0.25) is 0 Å². The molecule has 3 heterocycles. The van der Waals surface area contributed by atoms with Crippen molar-refractivity contribution in [3.8, 4) is 11.5 Å². The Hall–Kier alpha value is -2.31. The fraction of sp³-hybridized carbons (Fsp3) is 0.533. The maximum absolute atomic E-state index is 12.2. The van der Waals surface area contributed by atoms with Gasteiger partial charge in [-0.2, -0.15) is 10.1 Å². The zero-order valence-electron chi connectivity index (χ0n) is 12.2. The number of carbonyl (C=O) groups excluding carboxylic acids is 1. The Morgan fingerprint density at radius 2 is 2.14 bits per heavy atom. The molecule has 1 saturated carbocycles. The van der Waals surface area contributed by atoms with Gasteiger partial charge in [-0.05, 0) is 25.0 Å². The molecular weight excluding hydrogens is 282 g/mol. The lowest BCUT2D eigenvalue weighted by atomic mass is 10.1. The first-order valence-corrected chi connectivity index (χ1v) is 7.72. The lowest BCUT2D eigenvalue weighted by Crippen LogP contribution is -2.34. The van der Waals surface area contributed by atoms with E-state index in [1.54, 1.807) is 18.3 Å². The van der Waals surface area contributed by atoms with Gasteiger partial charge < -0.3 is 9.42 Å². The van der Waals surface area contributed by atoms with E-state index in [9.17, 15) is 4.79 Å². The summed E-state index contributed by atoms with van der Waals surface area (Å²) in [4.78, 5) is 18.6. The molecule has 0 radical (unpaired) electrons. The lowest BCUT2D eigenvalue weighted by Gasteiger charge is -2.23. The molecule has 7 nitrogen and oxygen atoms in total. The summed E-state index contributed by atoms with van der Waals surface area (Å²) in [5.41, 5.74) is 0.578. The van der Waals surface area contributed by atoms with Crippen LogP contribution in [0.4, 0.5) is 0 Å². The standard InChI is InChI=1S/C15H17N5O2/c21-13-8-10(9-20(13)11-4-1-2-5-11)15-17-14(19-22-15)12-6-3-7-16-18-12/h3,6-7,10-11H,1-2,4-5,8-9H2. The second kappa shape index (κ2) is 5.47. The predicted octanol–water partition coefficient (Wildman–Crippen LogP) is 1.79. The summed E-state index contributed by atoms with van der Waals surface area (Å²) in [7, 11) is 0. The molecule has 4 rings (SSSR count). The summed E-state index contributed by atoms with van der Waals surface area (Å²) in [6.07, 6.45) is 6.73. The molecule has 1 atom stereocenters. The molecule has 1 saturated heterocycles. The number of amides is 1. The highest BCUT2D eigenvalue weighted by molar-refractivity contribution is 5.80. The van der Waals surface area contributed by atoms with Crippen molar-refractivity contribution in [1.29, 1.82) is 0 Å². The molecular formula is C15H17N5O2. The highest BCUT2D eigenvalue weighted by Crippen LogP contribution is 2.33. The van der Waals surface area contributed by atoms with Gasteiger partial charge in [-0.1, -0.05) is 18.0 Å². The van der Waals surface area contributed by atoms with E-state index in [4.69, 9.17) is 4.52 Å². The molecule has 0 spiro atoms. The zero-order valence-corrected chi connectivity index (χ0v) is 12.2. The number of hydrogen-bond donors (Lipinski definition) is 0. The SMILES string of the molecule is O=C1CC(c2nc(-c3cccnn3)no2)CN1C1CCCC1. The van der Waals surface area contributed by atoms with Crippen LogP contribution in [0.3, 0.4) is 0 Å². The normalized spacial score (nSPS) is 22.6. The average molecular weight is 299 g/mol. The summed E-state index contributed by atoms with van der Waals surface area (Å²) in [5, 5.41) is 11.7. The molecule has 114 valence electrons. The highest BCUT2D eigenvalue weighted by atomic mass is 16.5.